The highest BCUT2D eigenvalue weighted by Crippen LogP contribution is 2.23. The first-order valence-electron chi connectivity index (χ1n) is 6.72. The highest BCUT2D eigenvalue weighted by Gasteiger charge is 2.19. The molecule has 2 N–H and O–H groups in total. The molecule has 0 radical (unpaired) electrons. The van der Waals surface area contributed by atoms with Crippen LogP contribution >= 0.6 is 11.6 Å². The Morgan fingerprint density at radius 3 is 2.80 bits per heavy atom. The fraction of sp³-hybridized carbons (Fsp3) is 0.312. The van der Waals surface area contributed by atoms with Crippen LogP contribution in [0.25, 0.3) is 0 Å². The molecule has 0 saturated carbocycles. The van der Waals surface area contributed by atoms with E-state index in [1.807, 2.05) is 36.4 Å². The first-order valence-corrected chi connectivity index (χ1v) is 7.10. The van der Waals surface area contributed by atoms with E-state index >= 15 is 0 Å². The summed E-state index contributed by atoms with van der Waals surface area (Å²) in [6.07, 6.45) is 4.23. The van der Waals surface area contributed by atoms with Gasteiger partial charge in [-0.25, -0.2) is 0 Å². The minimum absolute atomic E-state index is 0.0571. The number of ether oxygens (including phenoxy) is 1. The Balaban J connectivity index is 2.09. The van der Waals surface area contributed by atoms with Crippen molar-refractivity contribution in [2.24, 2.45) is 5.73 Å². The maximum atomic E-state index is 6.16. The van der Waals surface area contributed by atoms with Gasteiger partial charge in [-0.2, -0.15) is 0 Å². The second-order valence-corrected chi connectivity index (χ2v) is 5.16. The van der Waals surface area contributed by atoms with Gasteiger partial charge in [0.15, 0.2) is 0 Å². The second-order valence-electron chi connectivity index (χ2n) is 4.72. The summed E-state index contributed by atoms with van der Waals surface area (Å²) in [5.41, 5.74) is 8.20. The van der Waals surface area contributed by atoms with Gasteiger partial charge in [0.2, 0.25) is 0 Å². The van der Waals surface area contributed by atoms with E-state index in [0.717, 1.165) is 17.5 Å². The molecule has 106 valence electrons. The predicted octanol–water partition coefficient (Wildman–Crippen LogP) is 3.73. The van der Waals surface area contributed by atoms with E-state index in [4.69, 9.17) is 22.1 Å². The molecule has 2 rings (SSSR count). The lowest BCUT2D eigenvalue weighted by molar-refractivity contribution is 0.0210. The maximum absolute atomic E-state index is 6.16. The number of nitrogens with two attached hydrogens (primary N) is 1. The Kier molecular flexibility index (Phi) is 5.53. The molecule has 2 atom stereocenters. The minimum atomic E-state index is -0.160. The molecule has 2 unspecified atom stereocenters. The van der Waals surface area contributed by atoms with Crippen LogP contribution in [0.5, 0.6) is 0 Å². The average molecular weight is 291 g/mol. The van der Waals surface area contributed by atoms with Crippen LogP contribution in [-0.4, -0.2) is 11.0 Å². The Morgan fingerprint density at radius 2 is 2.15 bits per heavy atom. The zero-order valence-corrected chi connectivity index (χ0v) is 12.3. The molecule has 20 heavy (non-hydrogen) atoms. The molecule has 0 aliphatic heterocycles. The quantitative estimate of drug-likeness (QED) is 0.882. The Hall–Kier alpha value is -1.42. The van der Waals surface area contributed by atoms with E-state index in [1.165, 1.54) is 0 Å². The van der Waals surface area contributed by atoms with Crippen LogP contribution in [0, 0.1) is 0 Å². The van der Waals surface area contributed by atoms with Gasteiger partial charge in [-0.05, 0) is 30.2 Å². The Morgan fingerprint density at radius 1 is 1.30 bits per heavy atom. The monoisotopic (exact) mass is 290 g/mol. The summed E-state index contributed by atoms with van der Waals surface area (Å²) >= 11 is 5.98. The van der Waals surface area contributed by atoms with Gasteiger partial charge in [0, 0.05) is 29.0 Å². The second kappa shape index (κ2) is 7.39. The van der Waals surface area contributed by atoms with Gasteiger partial charge in [-0.1, -0.05) is 36.7 Å². The summed E-state index contributed by atoms with van der Waals surface area (Å²) < 4.78 is 6.00. The highest BCUT2D eigenvalue weighted by molar-refractivity contribution is 6.30. The normalized spacial score (nSPS) is 13.9. The molecule has 0 bridgehead atoms. The molecule has 1 aromatic heterocycles. The van der Waals surface area contributed by atoms with Crippen LogP contribution in [0.4, 0.5) is 0 Å². The number of halogens is 1. The zero-order valence-electron chi connectivity index (χ0n) is 11.5. The molecule has 0 aliphatic rings. The molecule has 1 aromatic carbocycles. The average Bonchev–Trinajstić information content (AvgIpc) is 2.48. The molecule has 0 saturated heterocycles. The first kappa shape index (κ1) is 15.0. The molecule has 1 heterocycles. The lowest BCUT2D eigenvalue weighted by atomic mass is 10.0. The number of pyridine rings is 1. The van der Waals surface area contributed by atoms with Gasteiger partial charge in [0.1, 0.15) is 0 Å². The van der Waals surface area contributed by atoms with Gasteiger partial charge >= 0.3 is 0 Å². The van der Waals surface area contributed by atoms with Crippen molar-refractivity contribution in [2.45, 2.75) is 32.1 Å². The lowest BCUT2D eigenvalue weighted by Gasteiger charge is -2.23. The maximum Gasteiger partial charge on any atom is 0.0994 e. The van der Waals surface area contributed by atoms with E-state index in [0.29, 0.717) is 11.6 Å². The van der Waals surface area contributed by atoms with Gasteiger partial charge in [0.25, 0.3) is 0 Å². The number of hydrogen-bond acceptors (Lipinski definition) is 3. The van der Waals surface area contributed by atoms with Crippen molar-refractivity contribution < 1.29 is 4.74 Å². The molecule has 3 nitrogen and oxygen atoms in total. The van der Waals surface area contributed by atoms with Crippen molar-refractivity contribution in [2.75, 3.05) is 0 Å². The smallest absolute Gasteiger partial charge is 0.0994 e. The van der Waals surface area contributed by atoms with Crippen LogP contribution < -0.4 is 5.73 Å². The first-order chi connectivity index (χ1) is 9.70. The van der Waals surface area contributed by atoms with Crippen LogP contribution in [0.15, 0.2) is 48.8 Å². The highest BCUT2D eigenvalue weighted by atomic mass is 35.5. The minimum Gasteiger partial charge on any atom is -0.367 e. The molecular formula is C16H19ClN2O. The van der Waals surface area contributed by atoms with E-state index in [2.05, 4.69) is 11.9 Å². The van der Waals surface area contributed by atoms with Crippen LogP contribution in [0.2, 0.25) is 5.02 Å². The van der Waals surface area contributed by atoms with Crippen molar-refractivity contribution in [1.29, 1.82) is 0 Å². The third-order valence-electron chi connectivity index (χ3n) is 3.19. The van der Waals surface area contributed by atoms with Crippen LogP contribution in [0.1, 0.15) is 30.6 Å². The Labute approximate surface area is 124 Å². The third-order valence-corrected chi connectivity index (χ3v) is 3.43. The molecule has 4 heteroatoms. The van der Waals surface area contributed by atoms with Crippen LogP contribution in [-0.2, 0) is 11.3 Å². The van der Waals surface area contributed by atoms with Crippen molar-refractivity contribution in [3.05, 3.63) is 64.9 Å². The summed E-state index contributed by atoms with van der Waals surface area (Å²) in [4.78, 5) is 4.13. The fourth-order valence-electron chi connectivity index (χ4n) is 2.04. The van der Waals surface area contributed by atoms with Gasteiger partial charge in [-0.3, -0.25) is 4.98 Å². The molecule has 0 spiro atoms. The number of benzene rings is 1. The van der Waals surface area contributed by atoms with E-state index in [-0.39, 0.29) is 12.1 Å². The largest absolute Gasteiger partial charge is 0.367 e. The van der Waals surface area contributed by atoms with Crippen molar-refractivity contribution in [3.63, 3.8) is 0 Å². The number of aromatic nitrogens is 1. The van der Waals surface area contributed by atoms with Crippen molar-refractivity contribution in [3.8, 4) is 0 Å². The van der Waals surface area contributed by atoms with Crippen molar-refractivity contribution in [1.82, 2.24) is 4.98 Å². The predicted molar refractivity (Wildman–Crippen MR) is 81.5 cm³/mol. The summed E-state index contributed by atoms with van der Waals surface area (Å²) in [6.45, 7) is 2.53. The topological polar surface area (TPSA) is 48.1 Å². The summed E-state index contributed by atoms with van der Waals surface area (Å²) in [5.74, 6) is 0. The molecule has 0 amide bonds. The van der Waals surface area contributed by atoms with Crippen molar-refractivity contribution >= 4 is 11.6 Å². The molecular weight excluding hydrogens is 272 g/mol. The number of nitrogens with zero attached hydrogens (tertiary/aromatic N) is 1. The fourth-order valence-corrected chi connectivity index (χ4v) is 2.25. The van der Waals surface area contributed by atoms with Crippen LogP contribution in [0.3, 0.4) is 0 Å². The van der Waals surface area contributed by atoms with E-state index < -0.39 is 0 Å². The Bertz CT molecular complexity index is 533. The number of rotatable bonds is 6. The third kappa shape index (κ3) is 4.04. The summed E-state index contributed by atoms with van der Waals surface area (Å²) in [6, 6.07) is 11.5. The molecule has 0 fully saturated rings. The summed E-state index contributed by atoms with van der Waals surface area (Å²) in [7, 11) is 0. The molecule has 2 aromatic rings. The zero-order chi connectivity index (χ0) is 14.4. The molecule has 0 aliphatic carbocycles. The summed E-state index contributed by atoms with van der Waals surface area (Å²) in [5, 5.41) is 0.712. The van der Waals surface area contributed by atoms with E-state index in [1.54, 1.807) is 12.4 Å². The lowest BCUT2D eigenvalue weighted by Crippen LogP contribution is -2.29. The van der Waals surface area contributed by atoms with E-state index in [9.17, 15) is 0 Å². The SMILES string of the molecule is CCC(N)C(OCc1cccc(Cl)c1)c1cccnc1. The van der Waals surface area contributed by atoms with Gasteiger partial charge in [0.05, 0.1) is 12.7 Å². The number of hydrogen-bond donors (Lipinski definition) is 1. The standard InChI is InChI=1S/C16H19ClN2O/c1-2-15(18)16(13-6-4-8-19-10-13)20-11-12-5-3-7-14(17)9-12/h3-10,15-16H,2,11,18H2,1H3. The van der Waals surface area contributed by atoms with Gasteiger partial charge in [-0.15, -0.1) is 0 Å². The van der Waals surface area contributed by atoms with Gasteiger partial charge < -0.3 is 10.5 Å².